The van der Waals surface area contributed by atoms with Crippen molar-refractivity contribution in [3.63, 3.8) is 0 Å². The van der Waals surface area contributed by atoms with Crippen molar-refractivity contribution in [1.82, 2.24) is 9.97 Å². The second-order valence-electron chi connectivity index (χ2n) is 5.11. The summed E-state index contributed by atoms with van der Waals surface area (Å²) in [5, 5.41) is 0. The van der Waals surface area contributed by atoms with Gasteiger partial charge in [-0.1, -0.05) is 30.3 Å². The van der Waals surface area contributed by atoms with Gasteiger partial charge in [-0.15, -0.1) is 11.6 Å². The van der Waals surface area contributed by atoms with Gasteiger partial charge >= 0.3 is 5.97 Å². The summed E-state index contributed by atoms with van der Waals surface area (Å²) in [5.41, 5.74) is 7.78. The molecule has 7 heteroatoms. The van der Waals surface area contributed by atoms with Gasteiger partial charge in [0.2, 0.25) is 5.88 Å². The van der Waals surface area contributed by atoms with Crippen LogP contribution in [0.1, 0.15) is 24.0 Å². The molecular weight excluding hydrogens is 330 g/mol. The van der Waals surface area contributed by atoms with E-state index in [1.54, 1.807) is 6.92 Å². The van der Waals surface area contributed by atoms with Crippen LogP contribution in [0.4, 0.5) is 5.82 Å². The van der Waals surface area contributed by atoms with E-state index in [0.29, 0.717) is 22.8 Å². The minimum absolute atomic E-state index is 0.0147. The number of hydrogen-bond donors (Lipinski definition) is 1. The summed E-state index contributed by atoms with van der Waals surface area (Å²) in [6.07, 6.45) is 1.32. The van der Waals surface area contributed by atoms with E-state index in [4.69, 9.17) is 26.8 Å². The maximum atomic E-state index is 12.6. The first-order chi connectivity index (χ1) is 11.7. The van der Waals surface area contributed by atoms with Crippen LogP contribution in [0.2, 0.25) is 0 Å². The summed E-state index contributed by atoms with van der Waals surface area (Å²) in [6.45, 7) is 1.98. The van der Waals surface area contributed by atoms with Gasteiger partial charge in [0.05, 0.1) is 29.5 Å². The SMILES string of the molecule is CCOC(=O)C1=C(CCl)Oc2ncnc(N)c2[C@@H]1c1ccccc1. The molecule has 3 rings (SSSR count). The van der Waals surface area contributed by atoms with Crippen LogP contribution in [-0.2, 0) is 9.53 Å². The van der Waals surface area contributed by atoms with E-state index in [1.807, 2.05) is 30.3 Å². The fourth-order valence-electron chi connectivity index (χ4n) is 2.74. The number of halogens is 1. The molecule has 0 amide bonds. The van der Waals surface area contributed by atoms with Crippen LogP contribution >= 0.6 is 11.6 Å². The molecule has 1 aromatic carbocycles. The fourth-order valence-corrected chi connectivity index (χ4v) is 2.94. The molecule has 2 aromatic rings. The molecule has 0 unspecified atom stereocenters. The van der Waals surface area contributed by atoms with Gasteiger partial charge in [-0.2, -0.15) is 0 Å². The number of esters is 1. The number of aromatic nitrogens is 2. The molecule has 0 radical (unpaired) electrons. The number of allylic oxidation sites excluding steroid dienone is 1. The molecule has 2 heterocycles. The van der Waals surface area contributed by atoms with Gasteiger partial charge in [-0.05, 0) is 12.5 Å². The monoisotopic (exact) mass is 345 g/mol. The van der Waals surface area contributed by atoms with E-state index in [2.05, 4.69) is 9.97 Å². The van der Waals surface area contributed by atoms with Crippen molar-refractivity contribution in [3.8, 4) is 5.88 Å². The summed E-state index contributed by atoms with van der Waals surface area (Å²) < 4.78 is 10.9. The predicted molar refractivity (Wildman–Crippen MR) is 89.7 cm³/mol. The van der Waals surface area contributed by atoms with E-state index >= 15 is 0 Å². The zero-order valence-electron chi connectivity index (χ0n) is 13.0. The number of hydrogen-bond acceptors (Lipinski definition) is 6. The van der Waals surface area contributed by atoms with Crippen molar-refractivity contribution in [2.24, 2.45) is 0 Å². The zero-order valence-corrected chi connectivity index (χ0v) is 13.8. The third kappa shape index (κ3) is 2.80. The quantitative estimate of drug-likeness (QED) is 0.677. The number of carbonyl (C=O) groups is 1. The van der Waals surface area contributed by atoms with E-state index in [9.17, 15) is 4.79 Å². The Morgan fingerprint density at radius 2 is 2.08 bits per heavy atom. The lowest BCUT2D eigenvalue weighted by atomic mass is 9.83. The number of nitrogens with zero attached hydrogens (tertiary/aromatic N) is 2. The van der Waals surface area contributed by atoms with Crippen molar-refractivity contribution in [2.75, 3.05) is 18.2 Å². The van der Waals surface area contributed by atoms with Gasteiger partial charge in [-0.25, -0.2) is 14.8 Å². The molecule has 0 saturated heterocycles. The molecule has 2 N–H and O–H groups in total. The highest BCUT2D eigenvalue weighted by Gasteiger charge is 2.38. The van der Waals surface area contributed by atoms with Gasteiger partial charge < -0.3 is 15.2 Å². The first kappa shape index (κ1) is 16.3. The maximum absolute atomic E-state index is 12.6. The summed E-state index contributed by atoms with van der Waals surface area (Å²) in [5.74, 6) is -0.0976. The van der Waals surface area contributed by atoms with Gasteiger partial charge in [-0.3, -0.25) is 0 Å². The lowest BCUT2D eigenvalue weighted by molar-refractivity contribution is -0.139. The van der Waals surface area contributed by atoms with Crippen LogP contribution in [0.15, 0.2) is 48.0 Å². The molecule has 6 nitrogen and oxygen atoms in total. The first-order valence-corrected chi connectivity index (χ1v) is 8.00. The van der Waals surface area contributed by atoms with Crippen LogP contribution in [0.25, 0.3) is 0 Å². The minimum Gasteiger partial charge on any atom is -0.463 e. The van der Waals surface area contributed by atoms with E-state index in [0.717, 1.165) is 5.56 Å². The topological polar surface area (TPSA) is 87.3 Å². The Morgan fingerprint density at radius 3 is 2.75 bits per heavy atom. The van der Waals surface area contributed by atoms with Crippen LogP contribution in [-0.4, -0.2) is 28.4 Å². The van der Waals surface area contributed by atoms with Crippen molar-refractivity contribution in [1.29, 1.82) is 0 Å². The molecule has 0 fully saturated rings. The number of alkyl halides is 1. The number of fused-ring (bicyclic) bond motifs is 1. The smallest absolute Gasteiger partial charge is 0.338 e. The number of nitrogen functional groups attached to an aromatic ring is 1. The van der Waals surface area contributed by atoms with Gasteiger partial charge in [0, 0.05) is 0 Å². The molecule has 0 saturated carbocycles. The van der Waals surface area contributed by atoms with Gasteiger partial charge in [0.25, 0.3) is 0 Å². The lowest BCUT2D eigenvalue weighted by Gasteiger charge is -2.29. The average molecular weight is 346 g/mol. The number of anilines is 1. The molecule has 0 bridgehead atoms. The summed E-state index contributed by atoms with van der Waals surface area (Å²) in [6, 6.07) is 9.46. The normalized spacial score (nSPS) is 16.3. The number of ether oxygens (including phenoxy) is 2. The predicted octanol–water partition coefficient (Wildman–Crippen LogP) is 2.64. The molecule has 124 valence electrons. The first-order valence-electron chi connectivity index (χ1n) is 7.46. The molecule has 0 spiro atoms. The lowest BCUT2D eigenvalue weighted by Crippen LogP contribution is -2.26. The number of nitrogens with two attached hydrogens (primary N) is 1. The molecule has 24 heavy (non-hydrogen) atoms. The van der Waals surface area contributed by atoms with Crippen molar-refractivity contribution < 1.29 is 14.3 Å². The summed E-state index contributed by atoms with van der Waals surface area (Å²) in [7, 11) is 0. The summed E-state index contributed by atoms with van der Waals surface area (Å²) >= 11 is 6.01. The number of benzene rings is 1. The van der Waals surface area contributed by atoms with Crippen molar-refractivity contribution in [3.05, 3.63) is 59.1 Å². The Kier molecular flexibility index (Phi) is 4.66. The zero-order chi connectivity index (χ0) is 17.1. The van der Waals surface area contributed by atoms with E-state index < -0.39 is 11.9 Å². The minimum atomic E-state index is -0.496. The molecule has 1 aliphatic heterocycles. The average Bonchev–Trinajstić information content (AvgIpc) is 2.61. The number of rotatable bonds is 4. The standard InChI is InChI=1S/C17H16ClN3O3/c1-2-23-17(22)13-11(8-18)24-16-14(15(19)20-9-21-16)12(13)10-6-4-3-5-7-10/h3-7,9,12H,2,8H2,1H3,(H2,19,20,21)/t12-/m1/s1. The van der Waals surface area contributed by atoms with Gasteiger partial charge in [0.15, 0.2) is 0 Å². The molecular formula is C17H16ClN3O3. The third-order valence-corrected chi connectivity index (χ3v) is 3.97. The van der Waals surface area contributed by atoms with E-state index in [1.165, 1.54) is 6.33 Å². The largest absolute Gasteiger partial charge is 0.463 e. The van der Waals surface area contributed by atoms with Crippen LogP contribution < -0.4 is 10.5 Å². The molecule has 1 aromatic heterocycles. The van der Waals surface area contributed by atoms with Crippen molar-refractivity contribution in [2.45, 2.75) is 12.8 Å². The fraction of sp³-hybridized carbons (Fsp3) is 0.235. The third-order valence-electron chi connectivity index (χ3n) is 3.73. The van der Waals surface area contributed by atoms with Crippen LogP contribution in [0.5, 0.6) is 5.88 Å². The van der Waals surface area contributed by atoms with Crippen LogP contribution in [0, 0.1) is 0 Å². The van der Waals surface area contributed by atoms with Crippen LogP contribution in [0.3, 0.4) is 0 Å². The second kappa shape index (κ2) is 6.88. The van der Waals surface area contributed by atoms with Crippen molar-refractivity contribution >= 4 is 23.4 Å². The Bertz CT molecular complexity index is 793. The Balaban J connectivity index is 2.25. The van der Waals surface area contributed by atoms with E-state index in [-0.39, 0.29) is 18.3 Å². The maximum Gasteiger partial charge on any atom is 0.338 e. The number of carbonyl (C=O) groups excluding carboxylic acids is 1. The second-order valence-corrected chi connectivity index (χ2v) is 5.38. The summed E-state index contributed by atoms with van der Waals surface area (Å²) in [4.78, 5) is 20.7. The molecule has 1 aliphatic rings. The molecule has 0 aliphatic carbocycles. The Labute approximate surface area is 144 Å². The highest BCUT2D eigenvalue weighted by atomic mass is 35.5. The molecule has 1 atom stereocenters. The Hall–Kier alpha value is -2.60. The highest BCUT2D eigenvalue weighted by molar-refractivity contribution is 6.19. The Morgan fingerprint density at radius 1 is 1.33 bits per heavy atom. The highest BCUT2D eigenvalue weighted by Crippen LogP contribution is 2.44. The van der Waals surface area contributed by atoms with Gasteiger partial charge in [0.1, 0.15) is 17.9 Å².